The molecule has 1 aliphatic carbocycles. The van der Waals surface area contributed by atoms with Gasteiger partial charge in [-0.25, -0.2) is 9.59 Å². The molecule has 0 fully saturated rings. The molecule has 0 spiro atoms. The Morgan fingerprint density at radius 3 is 2.21 bits per heavy atom. The predicted octanol–water partition coefficient (Wildman–Crippen LogP) is 2.03. The third kappa shape index (κ3) is 5.10. The number of carboxylic acids is 1. The van der Waals surface area contributed by atoms with Crippen molar-refractivity contribution >= 4 is 18.0 Å². The van der Waals surface area contributed by atoms with Crippen LogP contribution in [0.5, 0.6) is 0 Å². The molecule has 5 N–H and O–H groups in total. The van der Waals surface area contributed by atoms with E-state index in [9.17, 15) is 19.5 Å². The first-order chi connectivity index (χ1) is 16.4. The van der Waals surface area contributed by atoms with Crippen molar-refractivity contribution < 1.29 is 29.3 Å². The number of aromatic nitrogens is 1. The molecule has 9 nitrogen and oxygen atoms in total. The smallest absolute Gasteiger partial charge is 0.407 e. The highest BCUT2D eigenvalue weighted by molar-refractivity contribution is 5.86. The summed E-state index contributed by atoms with van der Waals surface area (Å²) in [5.41, 5.74) is 5.04. The summed E-state index contributed by atoms with van der Waals surface area (Å²) >= 11 is 0. The summed E-state index contributed by atoms with van der Waals surface area (Å²) in [5.74, 6) is -2.21. The number of alkyl carbamates (subject to hydrolysis) is 1. The molecule has 1 unspecified atom stereocenters. The molecular formula is C25H25N3O6. The highest BCUT2D eigenvalue weighted by Gasteiger charge is 2.30. The highest BCUT2D eigenvalue weighted by atomic mass is 16.5. The monoisotopic (exact) mass is 463 g/mol. The molecular weight excluding hydrogens is 438 g/mol. The number of carbonyl (C=O) groups excluding carboxylic acids is 2. The van der Waals surface area contributed by atoms with Crippen LogP contribution in [0, 0.1) is 0 Å². The Bertz CT molecular complexity index is 1130. The topological polar surface area (TPSA) is 141 Å². The van der Waals surface area contributed by atoms with Crippen LogP contribution in [0.15, 0.2) is 66.9 Å². The fraction of sp³-hybridized carbons (Fsp3) is 0.240. The van der Waals surface area contributed by atoms with E-state index in [0.29, 0.717) is 5.69 Å². The molecule has 3 aromatic rings. The number of benzene rings is 2. The van der Waals surface area contributed by atoms with Crippen molar-refractivity contribution in [1.29, 1.82) is 0 Å². The van der Waals surface area contributed by atoms with Crippen LogP contribution >= 0.6 is 0 Å². The van der Waals surface area contributed by atoms with Gasteiger partial charge in [0.1, 0.15) is 12.6 Å². The first-order valence-electron chi connectivity index (χ1n) is 10.9. The van der Waals surface area contributed by atoms with Crippen LogP contribution in [-0.2, 0) is 20.7 Å². The predicted molar refractivity (Wildman–Crippen MR) is 123 cm³/mol. The molecule has 0 bridgehead atoms. The number of aliphatic hydroxyl groups is 1. The molecule has 0 saturated heterocycles. The minimum absolute atomic E-state index is 0.0917. The van der Waals surface area contributed by atoms with Crippen LogP contribution in [0.4, 0.5) is 4.79 Å². The van der Waals surface area contributed by atoms with Crippen molar-refractivity contribution in [1.82, 2.24) is 15.6 Å². The van der Waals surface area contributed by atoms with Crippen LogP contribution in [0.2, 0.25) is 0 Å². The Hall–Kier alpha value is -4.11. The second-order valence-electron chi connectivity index (χ2n) is 8.02. The molecule has 1 aromatic heterocycles. The number of rotatable bonds is 9. The van der Waals surface area contributed by atoms with Crippen molar-refractivity contribution in [2.45, 2.75) is 24.5 Å². The summed E-state index contributed by atoms with van der Waals surface area (Å²) in [6.07, 6.45) is -0.699. The highest BCUT2D eigenvalue weighted by Crippen LogP contribution is 2.44. The van der Waals surface area contributed by atoms with Gasteiger partial charge in [0, 0.05) is 24.2 Å². The van der Waals surface area contributed by atoms with Crippen LogP contribution in [0.3, 0.4) is 0 Å². The third-order valence-corrected chi connectivity index (χ3v) is 5.79. The zero-order chi connectivity index (χ0) is 24.1. The first kappa shape index (κ1) is 23.1. The normalized spacial score (nSPS) is 13.9. The summed E-state index contributed by atoms with van der Waals surface area (Å²) in [6, 6.07) is 18.4. The SMILES string of the molecule is O=C(NC(Cc1ccc[nH]1)C(=O)NC[C@H](O)C(=O)O)OCC1c2ccccc2-c2ccccc21. The second kappa shape index (κ2) is 10.2. The second-order valence-corrected chi connectivity index (χ2v) is 8.02. The van der Waals surface area contributed by atoms with Gasteiger partial charge < -0.3 is 30.6 Å². The minimum atomic E-state index is -1.75. The summed E-state index contributed by atoms with van der Waals surface area (Å²) in [4.78, 5) is 39.0. The van der Waals surface area contributed by atoms with Gasteiger partial charge in [0.25, 0.3) is 0 Å². The lowest BCUT2D eigenvalue weighted by atomic mass is 9.98. The van der Waals surface area contributed by atoms with Crippen molar-refractivity contribution in [2.24, 2.45) is 0 Å². The van der Waals surface area contributed by atoms with Gasteiger partial charge in [-0.15, -0.1) is 0 Å². The number of fused-ring (bicyclic) bond motifs is 3. The van der Waals surface area contributed by atoms with E-state index in [1.165, 1.54) is 0 Å². The Morgan fingerprint density at radius 2 is 1.62 bits per heavy atom. The Kier molecular flexibility index (Phi) is 6.93. The number of carboxylic acid groups (broad SMARTS) is 1. The van der Waals surface area contributed by atoms with E-state index < -0.39 is 36.7 Å². The number of amides is 2. The fourth-order valence-electron chi connectivity index (χ4n) is 4.11. The van der Waals surface area contributed by atoms with E-state index in [1.807, 2.05) is 48.5 Å². The number of H-pyrrole nitrogens is 1. The standard InChI is InChI=1S/C25H25N3O6/c29-22(24(31)32)13-27-23(30)21(12-15-6-5-11-26-15)28-25(33)34-14-20-18-9-3-1-7-16(18)17-8-2-4-10-19(17)20/h1-11,20-22,26,29H,12-14H2,(H,27,30)(H,28,33)(H,31,32)/t21?,22-/m0/s1. The first-order valence-corrected chi connectivity index (χ1v) is 10.9. The molecule has 34 heavy (non-hydrogen) atoms. The van der Waals surface area contributed by atoms with Crippen molar-refractivity contribution in [3.8, 4) is 11.1 Å². The van der Waals surface area contributed by atoms with Gasteiger partial charge in [-0.05, 0) is 34.4 Å². The number of carbonyl (C=O) groups is 3. The van der Waals surface area contributed by atoms with Crippen molar-refractivity contribution in [3.05, 3.63) is 83.7 Å². The van der Waals surface area contributed by atoms with Crippen molar-refractivity contribution in [2.75, 3.05) is 13.2 Å². The van der Waals surface area contributed by atoms with E-state index in [2.05, 4.69) is 15.6 Å². The van der Waals surface area contributed by atoms with Gasteiger partial charge in [0.05, 0.1) is 6.54 Å². The van der Waals surface area contributed by atoms with Gasteiger partial charge in [0.15, 0.2) is 6.10 Å². The number of hydrogen-bond donors (Lipinski definition) is 5. The summed E-state index contributed by atoms with van der Waals surface area (Å²) in [6.45, 7) is -0.393. The van der Waals surface area contributed by atoms with Gasteiger partial charge >= 0.3 is 12.1 Å². The lowest BCUT2D eigenvalue weighted by Crippen LogP contribution is -2.50. The molecule has 2 atom stereocenters. The van der Waals surface area contributed by atoms with Crippen LogP contribution < -0.4 is 10.6 Å². The quantitative estimate of drug-likeness (QED) is 0.329. The van der Waals surface area contributed by atoms with E-state index >= 15 is 0 Å². The minimum Gasteiger partial charge on any atom is -0.479 e. The molecule has 0 radical (unpaired) electrons. The maximum absolute atomic E-state index is 12.6. The largest absolute Gasteiger partial charge is 0.479 e. The number of aliphatic hydroxyl groups excluding tert-OH is 1. The number of ether oxygens (including phenoxy) is 1. The zero-order valence-corrected chi connectivity index (χ0v) is 18.2. The third-order valence-electron chi connectivity index (χ3n) is 5.79. The molecule has 176 valence electrons. The average Bonchev–Trinajstić information content (AvgIpc) is 3.46. The van der Waals surface area contributed by atoms with E-state index in [4.69, 9.17) is 9.84 Å². The lowest BCUT2D eigenvalue weighted by Gasteiger charge is -2.20. The van der Waals surface area contributed by atoms with Gasteiger partial charge in [-0.1, -0.05) is 48.5 Å². The molecule has 0 saturated carbocycles. The van der Waals surface area contributed by atoms with Gasteiger partial charge in [-0.2, -0.15) is 0 Å². The van der Waals surface area contributed by atoms with E-state index in [-0.39, 0.29) is 18.9 Å². The molecule has 1 heterocycles. The molecule has 2 aromatic carbocycles. The zero-order valence-electron chi connectivity index (χ0n) is 18.2. The Morgan fingerprint density at radius 1 is 0.971 bits per heavy atom. The number of nitrogens with one attached hydrogen (secondary N) is 3. The summed E-state index contributed by atoms with van der Waals surface area (Å²) < 4.78 is 5.52. The van der Waals surface area contributed by atoms with Crippen LogP contribution in [0.1, 0.15) is 22.7 Å². The molecule has 4 rings (SSSR count). The van der Waals surface area contributed by atoms with Crippen LogP contribution in [-0.4, -0.2) is 58.5 Å². The number of hydrogen-bond acceptors (Lipinski definition) is 5. The Labute approximate surface area is 195 Å². The molecule has 2 amide bonds. The average molecular weight is 463 g/mol. The van der Waals surface area contributed by atoms with E-state index in [0.717, 1.165) is 22.3 Å². The van der Waals surface area contributed by atoms with Crippen LogP contribution in [0.25, 0.3) is 11.1 Å². The summed E-state index contributed by atoms with van der Waals surface area (Å²) in [5, 5.41) is 23.1. The maximum atomic E-state index is 12.6. The number of aliphatic carboxylic acids is 1. The van der Waals surface area contributed by atoms with E-state index in [1.54, 1.807) is 18.3 Å². The Balaban J connectivity index is 1.42. The van der Waals surface area contributed by atoms with Crippen molar-refractivity contribution in [3.63, 3.8) is 0 Å². The number of aromatic amines is 1. The fourth-order valence-corrected chi connectivity index (χ4v) is 4.11. The van der Waals surface area contributed by atoms with Gasteiger partial charge in [0.2, 0.25) is 5.91 Å². The lowest BCUT2D eigenvalue weighted by molar-refractivity contribution is -0.146. The van der Waals surface area contributed by atoms with Gasteiger partial charge in [-0.3, -0.25) is 4.79 Å². The maximum Gasteiger partial charge on any atom is 0.407 e. The molecule has 1 aliphatic rings. The molecule has 9 heteroatoms. The molecule has 0 aliphatic heterocycles. The summed E-state index contributed by atoms with van der Waals surface area (Å²) in [7, 11) is 0.